The molecule has 100 valence electrons. The van der Waals surface area contributed by atoms with Crippen molar-refractivity contribution in [3.63, 3.8) is 0 Å². The number of thioether (sulfide) groups is 1. The highest BCUT2D eigenvalue weighted by atomic mass is 32.2. The third-order valence-corrected chi connectivity index (χ3v) is 3.28. The fourth-order valence-corrected chi connectivity index (χ4v) is 2.34. The fourth-order valence-electron chi connectivity index (χ4n) is 1.83. The van der Waals surface area contributed by atoms with Gasteiger partial charge >= 0.3 is 6.09 Å². The first kappa shape index (κ1) is 14.6. The summed E-state index contributed by atoms with van der Waals surface area (Å²) in [5.41, 5.74) is -0.411. The largest absolute Gasteiger partial charge is 0.444 e. The molecule has 0 radical (unpaired) electrons. The number of hydrogen-bond donors (Lipinski definition) is 1. The molecule has 0 bridgehead atoms. The van der Waals surface area contributed by atoms with Gasteiger partial charge in [-0.1, -0.05) is 0 Å². The Morgan fingerprint density at radius 1 is 1.53 bits per heavy atom. The average molecular weight is 260 g/mol. The number of carbonyl (C=O) groups excluding carboxylic acids is 1. The minimum atomic E-state index is -0.411. The van der Waals surface area contributed by atoms with Gasteiger partial charge in [-0.15, -0.1) is 0 Å². The molecule has 5 heteroatoms. The Hall–Kier alpha value is -0.420. The fraction of sp³-hybridized carbons (Fsp3) is 0.917. The molecule has 1 aliphatic rings. The monoisotopic (exact) mass is 260 g/mol. The Morgan fingerprint density at radius 2 is 2.24 bits per heavy atom. The van der Waals surface area contributed by atoms with Crippen molar-refractivity contribution in [1.29, 1.82) is 0 Å². The van der Waals surface area contributed by atoms with Crippen molar-refractivity contribution in [2.45, 2.75) is 38.8 Å². The number of ether oxygens (including phenoxy) is 1. The summed E-state index contributed by atoms with van der Waals surface area (Å²) in [7, 11) is 0. The third kappa shape index (κ3) is 5.17. The van der Waals surface area contributed by atoms with Gasteiger partial charge in [-0.3, -0.25) is 0 Å². The Morgan fingerprint density at radius 3 is 2.82 bits per heavy atom. The average Bonchev–Trinajstić information content (AvgIpc) is 2.24. The normalized spacial score (nSPS) is 21.4. The van der Waals surface area contributed by atoms with Gasteiger partial charge in [0, 0.05) is 25.7 Å². The van der Waals surface area contributed by atoms with E-state index in [0.29, 0.717) is 0 Å². The molecule has 17 heavy (non-hydrogen) atoms. The molecule has 0 spiro atoms. The van der Waals surface area contributed by atoms with Crippen LogP contribution in [-0.4, -0.2) is 54.3 Å². The second-order valence-corrected chi connectivity index (χ2v) is 6.30. The lowest BCUT2D eigenvalue weighted by atomic mass is 10.1. The van der Waals surface area contributed by atoms with Crippen LogP contribution in [0.2, 0.25) is 0 Å². The molecule has 1 aliphatic heterocycles. The SMILES string of the molecule is CSCC[C@H]1CNCCN1C(=O)OC(C)(C)C. The van der Waals surface area contributed by atoms with Crippen LogP contribution in [0.4, 0.5) is 4.79 Å². The first-order valence-electron chi connectivity index (χ1n) is 6.13. The molecule has 1 heterocycles. The van der Waals surface area contributed by atoms with Crippen LogP contribution in [0.15, 0.2) is 0 Å². The van der Waals surface area contributed by atoms with Crippen molar-refractivity contribution in [2.75, 3.05) is 31.6 Å². The summed E-state index contributed by atoms with van der Waals surface area (Å²) in [6.45, 7) is 8.20. The highest BCUT2D eigenvalue weighted by molar-refractivity contribution is 7.98. The Balaban J connectivity index is 2.54. The number of nitrogens with one attached hydrogen (secondary N) is 1. The molecule has 1 fully saturated rings. The molecule has 0 aromatic carbocycles. The van der Waals surface area contributed by atoms with Crippen molar-refractivity contribution in [1.82, 2.24) is 10.2 Å². The molecule has 1 atom stereocenters. The minimum Gasteiger partial charge on any atom is -0.444 e. The van der Waals surface area contributed by atoms with Crippen LogP contribution < -0.4 is 5.32 Å². The van der Waals surface area contributed by atoms with E-state index < -0.39 is 5.60 Å². The van der Waals surface area contributed by atoms with E-state index in [-0.39, 0.29) is 12.1 Å². The maximum atomic E-state index is 12.1. The number of hydrogen-bond acceptors (Lipinski definition) is 4. The van der Waals surface area contributed by atoms with Gasteiger partial charge in [0.15, 0.2) is 0 Å². The number of amides is 1. The molecule has 0 aliphatic carbocycles. The highest BCUT2D eigenvalue weighted by Gasteiger charge is 2.29. The second kappa shape index (κ2) is 6.50. The predicted octanol–water partition coefficient (Wildman–Crippen LogP) is 1.95. The van der Waals surface area contributed by atoms with E-state index in [0.717, 1.165) is 31.8 Å². The first-order valence-corrected chi connectivity index (χ1v) is 7.52. The number of piperazine rings is 1. The van der Waals surface area contributed by atoms with Gasteiger partial charge in [0.25, 0.3) is 0 Å². The van der Waals surface area contributed by atoms with Crippen molar-refractivity contribution in [3.8, 4) is 0 Å². The van der Waals surface area contributed by atoms with Crippen LogP contribution in [0.3, 0.4) is 0 Å². The van der Waals surface area contributed by atoms with E-state index in [9.17, 15) is 4.79 Å². The zero-order valence-electron chi connectivity index (χ0n) is 11.3. The van der Waals surface area contributed by atoms with Crippen LogP contribution in [-0.2, 0) is 4.74 Å². The van der Waals surface area contributed by atoms with Gasteiger partial charge in [-0.25, -0.2) is 4.79 Å². The summed E-state index contributed by atoms with van der Waals surface area (Å²) in [6.07, 6.45) is 2.94. The molecule has 4 nitrogen and oxygen atoms in total. The minimum absolute atomic E-state index is 0.176. The molecule has 0 aromatic rings. The number of nitrogens with zero attached hydrogens (tertiary/aromatic N) is 1. The van der Waals surface area contributed by atoms with Gasteiger partial charge in [0.05, 0.1) is 0 Å². The van der Waals surface area contributed by atoms with Crippen LogP contribution in [0.1, 0.15) is 27.2 Å². The van der Waals surface area contributed by atoms with E-state index in [4.69, 9.17) is 4.74 Å². The summed E-state index contributed by atoms with van der Waals surface area (Å²) in [6, 6.07) is 0.269. The summed E-state index contributed by atoms with van der Waals surface area (Å²) in [5.74, 6) is 1.08. The zero-order valence-corrected chi connectivity index (χ0v) is 12.1. The van der Waals surface area contributed by atoms with Crippen molar-refractivity contribution in [2.24, 2.45) is 0 Å². The zero-order chi connectivity index (χ0) is 12.9. The van der Waals surface area contributed by atoms with Gasteiger partial charge < -0.3 is 15.0 Å². The quantitative estimate of drug-likeness (QED) is 0.842. The highest BCUT2D eigenvalue weighted by Crippen LogP contribution is 2.15. The maximum Gasteiger partial charge on any atom is 0.410 e. The molecule has 0 saturated carbocycles. The van der Waals surface area contributed by atoms with Crippen LogP contribution in [0.5, 0.6) is 0 Å². The Labute approximate surface area is 108 Å². The number of carbonyl (C=O) groups is 1. The van der Waals surface area contributed by atoms with Gasteiger partial charge in [-0.2, -0.15) is 11.8 Å². The molecular formula is C12H24N2O2S. The molecule has 1 rings (SSSR count). The molecule has 0 aromatic heterocycles. The van der Waals surface area contributed by atoms with Gasteiger partial charge in [0.1, 0.15) is 5.60 Å². The summed E-state index contributed by atoms with van der Waals surface area (Å²) < 4.78 is 5.44. The lowest BCUT2D eigenvalue weighted by Gasteiger charge is -2.37. The smallest absolute Gasteiger partial charge is 0.410 e. The first-order chi connectivity index (χ1) is 7.94. The van der Waals surface area contributed by atoms with Crippen molar-refractivity contribution >= 4 is 17.9 Å². The summed E-state index contributed by atoms with van der Waals surface area (Å²) in [5, 5.41) is 3.33. The van der Waals surface area contributed by atoms with E-state index in [1.165, 1.54) is 0 Å². The van der Waals surface area contributed by atoms with Crippen LogP contribution >= 0.6 is 11.8 Å². The van der Waals surface area contributed by atoms with Crippen molar-refractivity contribution in [3.05, 3.63) is 0 Å². The van der Waals surface area contributed by atoms with Crippen LogP contribution in [0.25, 0.3) is 0 Å². The summed E-state index contributed by atoms with van der Waals surface area (Å²) in [4.78, 5) is 13.9. The van der Waals surface area contributed by atoms with Gasteiger partial charge in [-0.05, 0) is 39.2 Å². The van der Waals surface area contributed by atoms with Crippen LogP contribution in [0, 0.1) is 0 Å². The molecule has 1 amide bonds. The van der Waals surface area contributed by atoms with E-state index in [2.05, 4.69) is 11.6 Å². The maximum absolute atomic E-state index is 12.1. The van der Waals surface area contributed by atoms with E-state index in [1.807, 2.05) is 37.4 Å². The van der Waals surface area contributed by atoms with E-state index in [1.54, 1.807) is 0 Å². The number of rotatable bonds is 3. The molecule has 1 N–H and O–H groups in total. The Bertz CT molecular complexity index is 253. The molecular weight excluding hydrogens is 236 g/mol. The molecule has 0 unspecified atom stereocenters. The molecule has 1 saturated heterocycles. The third-order valence-electron chi connectivity index (χ3n) is 2.63. The Kier molecular flexibility index (Phi) is 5.59. The van der Waals surface area contributed by atoms with Gasteiger partial charge in [0.2, 0.25) is 0 Å². The topological polar surface area (TPSA) is 41.6 Å². The standard InChI is InChI=1S/C12H24N2O2S/c1-12(2,3)16-11(15)14-7-6-13-9-10(14)5-8-17-4/h10,13H,5-9H2,1-4H3/t10-/m0/s1. The predicted molar refractivity (Wildman–Crippen MR) is 72.6 cm³/mol. The van der Waals surface area contributed by atoms with Crippen molar-refractivity contribution < 1.29 is 9.53 Å². The second-order valence-electron chi connectivity index (χ2n) is 5.31. The lowest BCUT2D eigenvalue weighted by Crippen LogP contribution is -2.54. The van der Waals surface area contributed by atoms with E-state index >= 15 is 0 Å². The lowest BCUT2D eigenvalue weighted by molar-refractivity contribution is 0.0118. The summed E-state index contributed by atoms with van der Waals surface area (Å²) >= 11 is 1.82.